The van der Waals surface area contributed by atoms with Gasteiger partial charge in [-0.15, -0.1) is 0 Å². The highest BCUT2D eigenvalue weighted by Crippen LogP contribution is 2.53. The Morgan fingerprint density at radius 3 is 2.30 bits per heavy atom. The fraction of sp³-hybridized carbons (Fsp3) is 0.535. The lowest BCUT2D eigenvalue weighted by molar-refractivity contribution is -0.138. The molecule has 0 radical (unpaired) electrons. The predicted molar refractivity (Wildman–Crippen MR) is 226 cm³/mol. The molecule has 4 fully saturated rings. The Hall–Kier alpha value is -5.21. The van der Waals surface area contributed by atoms with Crippen LogP contribution in [0.4, 0.5) is 29.2 Å². The summed E-state index contributed by atoms with van der Waals surface area (Å²) >= 11 is 0. The summed E-state index contributed by atoms with van der Waals surface area (Å²) in [6.45, 7) is 8.46. The lowest BCUT2D eigenvalue weighted by Gasteiger charge is -2.52. The molecule has 3 saturated heterocycles. The van der Waals surface area contributed by atoms with Crippen molar-refractivity contribution in [3.63, 3.8) is 0 Å². The first-order valence-corrected chi connectivity index (χ1v) is 22.9. The molecule has 8 rings (SSSR count). The third kappa shape index (κ3) is 8.72. The Balaban J connectivity index is 0.816. The standard InChI is InChI=1S/C43H52F4N10O5S/c1-5-6-32(36(44)38-26(2)57(41(60)54(38)4)34-11-12-35(58)51-39(34)59)28-24-56(25-28)18-17-55-15-13-42(14-16-55)19-31(20-42)63(61,62)30-9-7-29(8-10-30)50-40-48-22-33(43(45,46)47)37(52-40)27-21-49-53(3)23-27/h7-10,21-23,28,31,34H,5-6,11-20,24-25H2,1-4H3,(H,48,50,52)(H,51,58,59)/b36-32-. The van der Waals surface area contributed by atoms with Gasteiger partial charge in [0.15, 0.2) is 9.84 Å². The van der Waals surface area contributed by atoms with Gasteiger partial charge in [-0.05, 0) is 93.8 Å². The van der Waals surface area contributed by atoms with Crippen LogP contribution in [-0.2, 0) is 39.7 Å². The molecular weight excluding hydrogens is 845 g/mol. The van der Waals surface area contributed by atoms with Crippen molar-refractivity contribution in [2.24, 2.45) is 25.4 Å². The van der Waals surface area contributed by atoms with E-state index >= 15 is 4.39 Å². The minimum atomic E-state index is -4.68. The first kappa shape index (κ1) is 44.4. The fourth-order valence-corrected chi connectivity index (χ4v) is 11.8. The van der Waals surface area contributed by atoms with Crippen LogP contribution in [0, 0.1) is 18.3 Å². The monoisotopic (exact) mass is 896 g/mol. The Kier molecular flexibility index (Phi) is 12.0. The second-order valence-electron chi connectivity index (χ2n) is 17.6. The van der Waals surface area contributed by atoms with E-state index in [1.807, 2.05) is 6.92 Å². The first-order chi connectivity index (χ1) is 29.9. The molecular formula is C43H52F4N10O5S. The average Bonchev–Trinajstić information content (AvgIpc) is 3.74. The summed E-state index contributed by atoms with van der Waals surface area (Å²) in [5, 5.41) is 8.64. The molecule has 15 nitrogen and oxygen atoms in total. The van der Waals surface area contributed by atoms with Crippen LogP contribution in [0.25, 0.3) is 17.1 Å². The highest BCUT2D eigenvalue weighted by molar-refractivity contribution is 7.92. The van der Waals surface area contributed by atoms with Crippen LogP contribution in [0.15, 0.2) is 58.1 Å². The topological polar surface area (TPSA) is 169 Å². The summed E-state index contributed by atoms with van der Waals surface area (Å²) in [5.74, 6) is -1.43. The molecule has 1 atom stereocenters. The number of carbonyl (C=O) groups is 2. The number of benzene rings is 1. The van der Waals surface area contributed by atoms with Gasteiger partial charge >= 0.3 is 11.9 Å². The number of likely N-dealkylation sites (tertiary alicyclic amines) is 2. The van der Waals surface area contributed by atoms with Gasteiger partial charge in [0, 0.05) is 82.0 Å². The molecule has 2 amide bonds. The number of nitrogens with one attached hydrogen (secondary N) is 2. The van der Waals surface area contributed by atoms with Crippen LogP contribution in [0.3, 0.4) is 0 Å². The zero-order valence-corrected chi connectivity index (χ0v) is 36.5. The van der Waals surface area contributed by atoms with E-state index in [0.717, 1.165) is 45.4 Å². The Labute approximate surface area is 362 Å². The summed E-state index contributed by atoms with van der Waals surface area (Å²) in [5.41, 5.74) is -0.00176. The van der Waals surface area contributed by atoms with Crippen molar-refractivity contribution in [3.05, 3.63) is 75.9 Å². The summed E-state index contributed by atoms with van der Waals surface area (Å²) in [6, 6.07) is 5.23. The van der Waals surface area contributed by atoms with Gasteiger partial charge in [0.2, 0.25) is 17.8 Å². The predicted octanol–water partition coefficient (Wildman–Crippen LogP) is 5.56. The largest absolute Gasteiger partial charge is 0.419 e. The molecule has 1 unspecified atom stereocenters. The number of rotatable bonds is 13. The number of hydrogen-bond acceptors (Lipinski definition) is 11. The van der Waals surface area contributed by atoms with Gasteiger partial charge in [-0.1, -0.05) is 13.3 Å². The molecule has 4 aromatic rings. The smallest absolute Gasteiger partial charge is 0.324 e. The number of imide groups is 1. The van der Waals surface area contributed by atoms with Crippen LogP contribution >= 0.6 is 0 Å². The Morgan fingerprint density at radius 1 is 1.00 bits per heavy atom. The summed E-state index contributed by atoms with van der Waals surface area (Å²) in [7, 11) is -0.501. The number of aryl methyl sites for hydroxylation is 1. The van der Waals surface area contributed by atoms with E-state index in [-0.39, 0.29) is 57.9 Å². The third-order valence-corrected chi connectivity index (χ3v) is 15.6. The van der Waals surface area contributed by atoms with E-state index in [0.29, 0.717) is 55.5 Å². The lowest BCUT2D eigenvalue weighted by atomic mass is 9.63. The zero-order chi connectivity index (χ0) is 45.0. The number of carbonyl (C=O) groups excluding carboxylic acids is 2. The quantitative estimate of drug-likeness (QED) is 0.127. The number of alkyl halides is 3. The highest BCUT2D eigenvalue weighted by Gasteiger charge is 2.51. The van der Waals surface area contributed by atoms with Crippen molar-refractivity contribution in [1.82, 2.24) is 44.0 Å². The van der Waals surface area contributed by atoms with Gasteiger partial charge in [-0.3, -0.25) is 28.7 Å². The molecule has 6 heterocycles. The number of anilines is 2. The van der Waals surface area contributed by atoms with E-state index in [2.05, 4.69) is 35.5 Å². The minimum absolute atomic E-state index is 0.00324. The van der Waals surface area contributed by atoms with Crippen molar-refractivity contribution in [2.45, 2.75) is 87.6 Å². The number of halogens is 4. The molecule has 20 heteroatoms. The number of piperidine rings is 2. The maximum absolute atomic E-state index is 16.4. The van der Waals surface area contributed by atoms with E-state index in [9.17, 15) is 36.0 Å². The highest BCUT2D eigenvalue weighted by atomic mass is 32.2. The molecule has 3 aromatic heterocycles. The Morgan fingerprint density at radius 2 is 1.68 bits per heavy atom. The van der Waals surface area contributed by atoms with Gasteiger partial charge in [0.1, 0.15) is 23.1 Å². The van der Waals surface area contributed by atoms with Crippen molar-refractivity contribution in [3.8, 4) is 11.3 Å². The number of sulfone groups is 1. The minimum Gasteiger partial charge on any atom is -0.324 e. The maximum atomic E-state index is 16.4. The van der Waals surface area contributed by atoms with Crippen LogP contribution in [0.1, 0.15) is 81.3 Å². The average molecular weight is 897 g/mol. The van der Waals surface area contributed by atoms with Crippen LogP contribution in [0.5, 0.6) is 0 Å². The molecule has 3 aliphatic heterocycles. The molecule has 4 aliphatic rings. The summed E-state index contributed by atoms with van der Waals surface area (Å²) in [6.07, 6.45) is 3.33. The van der Waals surface area contributed by atoms with Crippen molar-refractivity contribution in [2.75, 3.05) is 44.6 Å². The number of hydrogen-bond donors (Lipinski definition) is 2. The van der Waals surface area contributed by atoms with Crippen LogP contribution in [-0.4, -0.2) is 103 Å². The zero-order valence-electron chi connectivity index (χ0n) is 35.7. The molecule has 0 bridgehead atoms. The van der Waals surface area contributed by atoms with Gasteiger partial charge in [0.25, 0.3) is 0 Å². The maximum Gasteiger partial charge on any atom is 0.419 e. The van der Waals surface area contributed by atoms with E-state index in [1.54, 1.807) is 26.1 Å². The normalized spacial score (nSPS) is 20.7. The Bertz CT molecular complexity index is 2600. The fourth-order valence-electron chi connectivity index (χ4n) is 9.78. The van der Waals surface area contributed by atoms with Crippen LogP contribution < -0.4 is 16.3 Å². The van der Waals surface area contributed by atoms with Gasteiger partial charge in [-0.2, -0.15) is 18.3 Å². The number of aromatic nitrogens is 6. The summed E-state index contributed by atoms with van der Waals surface area (Å²) in [4.78, 5) is 50.5. The van der Waals surface area contributed by atoms with Crippen molar-refractivity contribution < 1.29 is 35.6 Å². The van der Waals surface area contributed by atoms with Crippen LogP contribution in [0.2, 0.25) is 0 Å². The van der Waals surface area contributed by atoms with Crippen molar-refractivity contribution in [1.29, 1.82) is 0 Å². The number of imidazole rings is 1. The molecule has 1 aromatic carbocycles. The molecule has 63 heavy (non-hydrogen) atoms. The van der Waals surface area contributed by atoms with E-state index < -0.39 is 50.3 Å². The van der Waals surface area contributed by atoms with E-state index in [4.69, 9.17) is 0 Å². The third-order valence-electron chi connectivity index (χ3n) is 13.4. The second-order valence-corrected chi connectivity index (χ2v) is 19.8. The number of amides is 2. The van der Waals surface area contributed by atoms with E-state index in [1.165, 1.54) is 45.4 Å². The molecule has 1 aliphatic carbocycles. The molecule has 1 spiro atoms. The van der Waals surface area contributed by atoms with Gasteiger partial charge < -0.3 is 15.1 Å². The summed E-state index contributed by atoms with van der Waals surface area (Å²) < 4.78 is 88.9. The van der Waals surface area contributed by atoms with Crippen molar-refractivity contribution >= 4 is 39.1 Å². The lowest BCUT2D eigenvalue weighted by Crippen LogP contribution is -2.54. The SMILES string of the molecule is CCC/C(=C(/F)c1c(C)n(C2CCC(=O)NC2=O)c(=O)n1C)C1CN(CCN2CCC3(CC2)CC(S(=O)(=O)c2ccc(Nc4ncc(C(F)(F)F)c(-c5cnn(C)c5)n4)cc2)C3)C1. The van der Waals surface area contributed by atoms with Gasteiger partial charge in [-0.25, -0.2) is 27.6 Å². The van der Waals surface area contributed by atoms with Gasteiger partial charge in [0.05, 0.1) is 22.0 Å². The molecule has 338 valence electrons. The first-order valence-electron chi connectivity index (χ1n) is 21.4. The second kappa shape index (κ2) is 17.1. The number of nitrogens with zero attached hydrogens (tertiary/aromatic N) is 8. The molecule has 2 N–H and O–H groups in total. The molecule has 1 saturated carbocycles.